The second kappa shape index (κ2) is 5.08. The van der Waals surface area contributed by atoms with Crippen LogP contribution in [0.3, 0.4) is 0 Å². The van der Waals surface area contributed by atoms with Crippen LogP contribution in [0.5, 0.6) is 0 Å². The third-order valence-corrected chi connectivity index (χ3v) is 4.08. The van der Waals surface area contributed by atoms with Crippen LogP contribution in [0, 0.1) is 6.92 Å². The number of anilines is 2. The summed E-state index contributed by atoms with van der Waals surface area (Å²) in [6, 6.07) is 6.63. The maximum Gasteiger partial charge on any atom is 0.134 e. The lowest BCUT2D eigenvalue weighted by molar-refractivity contribution is 0.462. The largest absolute Gasteiger partial charge is 0.398 e. The average molecular weight is 255 g/mol. The van der Waals surface area contributed by atoms with E-state index in [1.807, 2.05) is 18.3 Å². The number of pyridine rings is 1. The van der Waals surface area contributed by atoms with Gasteiger partial charge < -0.3 is 11.1 Å². The Balaban J connectivity index is 1.99. The van der Waals surface area contributed by atoms with E-state index in [4.69, 9.17) is 5.73 Å². The molecule has 3 N–H and O–H groups in total. The highest BCUT2D eigenvalue weighted by Gasteiger charge is 2.15. The fraction of sp³-hybridized carbons (Fsp3) is 0.438. The lowest BCUT2D eigenvalue weighted by atomic mass is 9.95. The van der Waals surface area contributed by atoms with Gasteiger partial charge in [-0.3, -0.25) is 0 Å². The van der Waals surface area contributed by atoms with Gasteiger partial charge in [-0.2, -0.15) is 0 Å². The van der Waals surface area contributed by atoms with E-state index < -0.39 is 0 Å². The Hall–Kier alpha value is -1.77. The average Bonchev–Trinajstić information content (AvgIpc) is 2.43. The first-order chi connectivity index (χ1) is 9.25. The number of rotatable bonds is 2. The van der Waals surface area contributed by atoms with E-state index in [0.29, 0.717) is 6.04 Å². The molecule has 1 heterocycles. The predicted molar refractivity (Wildman–Crippen MR) is 81.4 cm³/mol. The molecular weight excluding hydrogens is 234 g/mol. The van der Waals surface area contributed by atoms with Gasteiger partial charge in [-0.25, -0.2) is 4.98 Å². The molecule has 1 aliphatic carbocycles. The van der Waals surface area contributed by atoms with E-state index in [9.17, 15) is 0 Å². The summed E-state index contributed by atoms with van der Waals surface area (Å²) in [4.78, 5) is 4.57. The minimum atomic E-state index is 0.564. The first kappa shape index (κ1) is 12.3. The fourth-order valence-corrected chi connectivity index (χ4v) is 3.06. The Morgan fingerprint density at radius 3 is 2.79 bits per heavy atom. The zero-order valence-corrected chi connectivity index (χ0v) is 11.4. The number of fused-ring (bicyclic) bond motifs is 1. The topological polar surface area (TPSA) is 50.9 Å². The van der Waals surface area contributed by atoms with Crippen LogP contribution in [0.1, 0.15) is 37.7 Å². The van der Waals surface area contributed by atoms with Crippen LogP contribution in [0.2, 0.25) is 0 Å². The van der Waals surface area contributed by atoms with Gasteiger partial charge in [0, 0.05) is 28.7 Å². The number of nitrogen functional groups attached to an aromatic ring is 1. The van der Waals surface area contributed by atoms with E-state index in [2.05, 4.69) is 23.3 Å². The van der Waals surface area contributed by atoms with E-state index in [1.54, 1.807) is 0 Å². The summed E-state index contributed by atoms with van der Waals surface area (Å²) in [5.41, 5.74) is 8.08. The van der Waals surface area contributed by atoms with Gasteiger partial charge in [0.05, 0.1) is 0 Å². The van der Waals surface area contributed by atoms with Crippen LogP contribution < -0.4 is 11.1 Å². The van der Waals surface area contributed by atoms with Crippen molar-refractivity contribution in [2.24, 2.45) is 0 Å². The monoisotopic (exact) mass is 255 g/mol. The highest BCUT2D eigenvalue weighted by molar-refractivity contribution is 6.01. The molecule has 2 aromatic rings. The molecule has 3 nitrogen and oxygen atoms in total. The van der Waals surface area contributed by atoms with Crippen LogP contribution in [-0.2, 0) is 0 Å². The van der Waals surface area contributed by atoms with Crippen LogP contribution in [0.15, 0.2) is 24.4 Å². The summed E-state index contributed by atoms with van der Waals surface area (Å²) in [5, 5.41) is 5.89. The van der Waals surface area contributed by atoms with Crippen LogP contribution in [0.4, 0.5) is 11.5 Å². The highest BCUT2D eigenvalue weighted by atomic mass is 15.0. The summed E-state index contributed by atoms with van der Waals surface area (Å²) >= 11 is 0. The predicted octanol–water partition coefficient (Wildman–Crippen LogP) is 3.87. The summed E-state index contributed by atoms with van der Waals surface area (Å²) < 4.78 is 0. The van der Waals surface area contributed by atoms with Crippen molar-refractivity contribution in [3.05, 3.63) is 30.0 Å². The van der Waals surface area contributed by atoms with Gasteiger partial charge in [0.25, 0.3) is 0 Å². The minimum absolute atomic E-state index is 0.564. The van der Waals surface area contributed by atoms with Crippen molar-refractivity contribution >= 4 is 22.3 Å². The van der Waals surface area contributed by atoms with Gasteiger partial charge in [0.2, 0.25) is 0 Å². The van der Waals surface area contributed by atoms with Crippen molar-refractivity contribution in [2.75, 3.05) is 11.1 Å². The molecule has 1 saturated carbocycles. The quantitative estimate of drug-likeness (QED) is 0.801. The molecular formula is C16H21N3. The van der Waals surface area contributed by atoms with E-state index in [0.717, 1.165) is 27.8 Å². The number of benzene rings is 1. The summed E-state index contributed by atoms with van der Waals surface area (Å²) in [6.45, 7) is 2.07. The molecule has 3 rings (SSSR count). The highest BCUT2D eigenvalue weighted by Crippen LogP contribution is 2.30. The first-order valence-electron chi connectivity index (χ1n) is 7.16. The number of hydrogen-bond acceptors (Lipinski definition) is 3. The molecule has 0 aliphatic heterocycles. The van der Waals surface area contributed by atoms with Gasteiger partial charge in [-0.15, -0.1) is 0 Å². The second-order valence-corrected chi connectivity index (χ2v) is 5.54. The zero-order chi connectivity index (χ0) is 13.2. The molecule has 0 radical (unpaired) electrons. The van der Waals surface area contributed by atoms with E-state index in [-0.39, 0.29) is 0 Å². The van der Waals surface area contributed by atoms with Crippen LogP contribution in [-0.4, -0.2) is 11.0 Å². The Labute approximate surface area is 114 Å². The summed E-state index contributed by atoms with van der Waals surface area (Å²) in [6.07, 6.45) is 8.43. The van der Waals surface area contributed by atoms with Gasteiger partial charge in [0.1, 0.15) is 5.82 Å². The summed E-state index contributed by atoms with van der Waals surface area (Å²) in [7, 11) is 0. The first-order valence-corrected chi connectivity index (χ1v) is 7.16. The Kier molecular flexibility index (Phi) is 3.28. The van der Waals surface area contributed by atoms with Crippen molar-refractivity contribution < 1.29 is 0 Å². The third-order valence-electron chi connectivity index (χ3n) is 4.08. The number of nitrogens with one attached hydrogen (secondary N) is 1. The molecule has 0 unspecified atom stereocenters. The zero-order valence-electron chi connectivity index (χ0n) is 11.4. The standard InChI is InChI=1S/C16H21N3/c1-11-10-18-16(19-12-6-3-2-4-7-12)13-8-5-9-14(17)15(11)13/h5,8-10,12H,2-4,6-7,17H2,1H3,(H,18,19). The number of nitrogens with zero attached hydrogens (tertiary/aromatic N) is 1. The molecule has 1 aromatic carbocycles. The van der Waals surface area contributed by atoms with Crippen molar-refractivity contribution in [2.45, 2.75) is 45.1 Å². The van der Waals surface area contributed by atoms with Crippen molar-refractivity contribution in [3.63, 3.8) is 0 Å². The molecule has 1 aliphatic rings. The lowest BCUT2D eigenvalue weighted by Gasteiger charge is -2.24. The van der Waals surface area contributed by atoms with Gasteiger partial charge >= 0.3 is 0 Å². The van der Waals surface area contributed by atoms with Crippen molar-refractivity contribution in [1.29, 1.82) is 0 Å². The molecule has 1 fully saturated rings. The summed E-state index contributed by atoms with van der Waals surface area (Å²) in [5.74, 6) is 0.986. The molecule has 100 valence electrons. The molecule has 0 atom stereocenters. The maximum absolute atomic E-state index is 6.10. The van der Waals surface area contributed by atoms with Crippen molar-refractivity contribution in [1.82, 2.24) is 4.98 Å². The number of nitrogens with two attached hydrogens (primary N) is 1. The normalized spacial score (nSPS) is 16.7. The Morgan fingerprint density at radius 2 is 2.00 bits per heavy atom. The molecule has 0 amide bonds. The van der Waals surface area contributed by atoms with Crippen molar-refractivity contribution in [3.8, 4) is 0 Å². The van der Waals surface area contributed by atoms with Gasteiger partial charge in [0.15, 0.2) is 0 Å². The number of hydrogen-bond donors (Lipinski definition) is 2. The van der Waals surface area contributed by atoms with Crippen LogP contribution >= 0.6 is 0 Å². The Morgan fingerprint density at radius 1 is 1.21 bits per heavy atom. The molecule has 0 spiro atoms. The third kappa shape index (κ3) is 2.37. The molecule has 0 saturated heterocycles. The minimum Gasteiger partial charge on any atom is -0.398 e. The molecule has 19 heavy (non-hydrogen) atoms. The van der Waals surface area contributed by atoms with Crippen LogP contribution in [0.25, 0.3) is 10.8 Å². The molecule has 3 heteroatoms. The molecule has 1 aromatic heterocycles. The van der Waals surface area contributed by atoms with E-state index >= 15 is 0 Å². The number of aromatic nitrogens is 1. The number of aryl methyl sites for hydroxylation is 1. The smallest absolute Gasteiger partial charge is 0.134 e. The Bertz CT molecular complexity index is 578. The fourth-order valence-electron chi connectivity index (χ4n) is 3.06. The van der Waals surface area contributed by atoms with Gasteiger partial charge in [-0.05, 0) is 31.4 Å². The van der Waals surface area contributed by atoms with E-state index in [1.165, 1.54) is 32.1 Å². The lowest BCUT2D eigenvalue weighted by Crippen LogP contribution is -2.23. The second-order valence-electron chi connectivity index (χ2n) is 5.54. The molecule has 0 bridgehead atoms. The maximum atomic E-state index is 6.10. The SMILES string of the molecule is Cc1cnc(NC2CCCCC2)c2cccc(N)c12. The van der Waals surface area contributed by atoms with Gasteiger partial charge in [-0.1, -0.05) is 31.4 Å².